The number of nitrogens with two attached hydrogens (primary N) is 1. The highest BCUT2D eigenvalue weighted by molar-refractivity contribution is 5.43. The van der Waals surface area contributed by atoms with Gasteiger partial charge in [0.2, 0.25) is 0 Å². The van der Waals surface area contributed by atoms with Gasteiger partial charge in [0.15, 0.2) is 0 Å². The maximum absolute atomic E-state index is 6.04. The van der Waals surface area contributed by atoms with Crippen LogP contribution >= 0.6 is 0 Å². The van der Waals surface area contributed by atoms with E-state index in [4.69, 9.17) is 10.5 Å². The lowest BCUT2D eigenvalue weighted by molar-refractivity contribution is 0.252. The smallest absolute Gasteiger partial charge is 0.122 e. The van der Waals surface area contributed by atoms with Crippen molar-refractivity contribution >= 4 is 0 Å². The van der Waals surface area contributed by atoms with Crippen LogP contribution in [0.5, 0.6) is 5.75 Å². The predicted octanol–water partition coefficient (Wildman–Crippen LogP) is 3.73. The van der Waals surface area contributed by atoms with Gasteiger partial charge in [-0.1, -0.05) is 31.4 Å². The molecule has 2 nitrogen and oxygen atoms in total. The van der Waals surface area contributed by atoms with Crippen LogP contribution in [0.1, 0.15) is 62.0 Å². The lowest BCUT2D eigenvalue weighted by atomic mass is 9.64. The van der Waals surface area contributed by atoms with Gasteiger partial charge in [0, 0.05) is 12.0 Å². The molecule has 0 heterocycles. The maximum Gasteiger partial charge on any atom is 0.122 e. The first kappa shape index (κ1) is 13.0. The second-order valence-corrected chi connectivity index (χ2v) is 6.28. The summed E-state index contributed by atoms with van der Waals surface area (Å²) in [7, 11) is 1.79. The Morgan fingerprint density at radius 3 is 2.47 bits per heavy atom. The molecule has 0 saturated heterocycles. The zero-order valence-electron chi connectivity index (χ0n) is 12.0. The van der Waals surface area contributed by atoms with Gasteiger partial charge in [-0.15, -0.1) is 0 Å². The summed E-state index contributed by atoms with van der Waals surface area (Å²) in [6.07, 6.45) is 9.17. The van der Waals surface area contributed by atoms with Crippen molar-refractivity contribution in [2.45, 2.75) is 56.3 Å². The van der Waals surface area contributed by atoms with E-state index in [1.165, 1.54) is 56.1 Å². The Kier molecular flexibility index (Phi) is 3.53. The van der Waals surface area contributed by atoms with Gasteiger partial charge >= 0.3 is 0 Å². The average Bonchev–Trinajstić information content (AvgIpc) is 2.92. The van der Waals surface area contributed by atoms with Crippen molar-refractivity contribution in [3.8, 4) is 5.75 Å². The Bertz CT molecular complexity index is 439. The van der Waals surface area contributed by atoms with E-state index in [-0.39, 0.29) is 5.41 Å². The fourth-order valence-corrected chi connectivity index (χ4v) is 3.83. The van der Waals surface area contributed by atoms with Gasteiger partial charge in [0.1, 0.15) is 5.75 Å². The summed E-state index contributed by atoms with van der Waals surface area (Å²) >= 11 is 0. The number of ether oxygens (including phenoxy) is 1. The minimum Gasteiger partial charge on any atom is -0.496 e. The third-order valence-corrected chi connectivity index (χ3v) is 5.34. The molecule has 0 bridgehead atoms. The Morgan fingerprint density at radius 1 is 1.21 bits per heavy atom. The fraction of sp³-hybridized carbons (Fsp3) is 0.647. The molecule has 2 aliphatic carbocycles. The van der Waals surface area contributed by atoms with Gasteiger partial charge in [0.25, 0.3) is 0 Å². The van der Waals surface area contributed by atoms with Gasteiger partial charge in [-0.2, -0.15) is 0 Å². The molecule has 0 aliphatic heterocycles. The van der Waals surface area contributed by atoms with E-state index in [9.17, 15) is 0 Å². The van der Waals surface area contributed by atoms with Gasteiger partial charge in [-0.3, -0.25) is 0 Å². The molecule has 0 radical (unpaired) electrons. The summed E-state index contributed by atoms with van der Waals surface area (Å²) in [4.78, 5) is 0. The number of benzene rings is 1. The van der Waals surface area contributed by atoms with Crippen molar-refractivity contribution in [2.24, 2.45) is 5.73 Å². The van der Waals surface area contributed by atoms with Crippen molar-refractivity contribution in [1.29, 1.82) is 0 Å². The van der Waals surface area contributed by atoms with Crippen LogP contribution in [0.25, 0.3) is 0 Å². The molecule has 2 aliphatic rings. The van der Waals surface area contributed by atoms with Crippen molar-refractivity contribution < 1.29 is 4.74 Å². The van der Waals surface area contributed by atoms with Crippen molar-refractivity contribution in [3.05, 3.63) is 29.3 Å². The number of methoxy groups -OCH3 is 1. The molecule has 1 aromatic rings. The van der Waals surface area contributed by atoms with Gasteiger partial charge in [-0.25, -0.2) is 0 Å². The predicted molar refractivity (Wildman–Crippen MR) is 78.8 cm³/mol. The molecule has 0 unspecified atom stereocenters. The van der Waals surface area contributed by atoms with E-state index in [0.717, 1.165) is 12.3 Å². The number of rotatable bonds is 4. The first-order valence-corrected chi connectivity index (χ1v) is 7.67. The standard InChI is InChI=1S/C17H25NO/c1-19-16-8-7-14(17(12-18)9-4-10-17)11-15(16)13-5-2-3-6-13/h7-8,11,13H,2-6,9-10,12,18H2,1H3. The zero-order chi connectivity index (χ0) is 13.3. The maximum atomic E-state index is 6.04. The lowest BCUT2D eigenvalue weighted by Crippen LogP contribution is -2.41. The van der Waals surface area contributed by atoms with E-state index >= 15 is 0 Å². The Labute approximate surface area is 116 Å². The normalized spacial score (nSPS) is 22.2. The SMILES string of the molecule is COc1ccc(C2(CN)CCC2)cc1C1CCCC1. The molecule has 2 fully saturated rings. The molecule has 19 heavy (non-hydrogen) atoms. The fourth-order valence-electron chi connectivity index (χ4n) is 3.83. The molecular formula is C17H25NO. The summed E-state index contributed by atoms with van der Waals surface area (Å²) in [6, 6.07) is 6.81. The van der Waals surface area contributed by atoms with E-state index in [0.29, 0.717) is 5.92 Å². The molecule has 2 heteroatoms. The molecule has 1 aromatic carbocycles. The minimum atomic E-state index is 0.264. The van der Waals surface area contributed by atoms with Crippen molar-refractivity contribution in [1.82, 2.24) is 0 Å². The summed E-state index contributed by atoms with van der Waals surface area (Å²) < 4.78 is 5.58. The summed E-state index contributed by atoms with van der Waals surface area (Å²) in [5.41, 5.74) is 9.18. The second-order valence-electron chi connectivity index (χ2n) is 6.28. The lowest BCUT2D eigenvalue weighted by Gasteiger charge is -2.42. The molecule has 0 spiro atoms. The van der Waals surface area contributed by atoms with Gasteiger partial charge in [-0.05, 0) is 48.8 Å². The Morgan fingerprint density at radius 2 is 1.95 bits per heavy atom. The summed E-state index contributed by atoms with van der Waals surface area (Å²) in [5, 5.41) is 0. The topological polar surface area (TPSA) is 35.2 Å². The molecule has 2 saturated carbocycles. The Hall–Kier alpha value is -1.02. The molecular weight excluding hydrogens is 234 g/mol. The van der Waals surface area contributed by atoms with Crippen LogP contribution in [-0.4, -0.2) is 13.7 Å². The second kappa shape index (κ2) is 5.16. The van der Waals surface area contributed by atoms with Crippen LogP contribution < -0.4 is 10.5 Å². The molecule has 0 amide bonds. The average molecular weight is 259 g/mol. The van der Waals surface area contributed by atoms with Crippen LogP contribution in [-0.2, 0) is 5.41 Å². The minimum absolute atomic E-state index is 0.264. The van der Waals surface area contributed by atoms with Gasteiger partial charge < -0.3 is 10.5 Å². The Balaban J connectivity index is 1.96. The molecule has 104 valence electrons. The molecule has 0 atom stereocenters. The highest BCUT2D eigenvalue weighted by Crippen LogP contribution is 2.46. The first-order chi connectivity index (χ1) is 9.29. The molecule has 0 aromatic heterocycles. The van der Waals surface area contributed by atoms with Gasteiger partial charge in [0.05, 0.1) is 7.11 Å². The zero-order valence-corrected chi connectivity index (χ0v) is 12.0. The highest BCUT2D eigenvalue weighted by Gasteiger charge is 2.38. The highest BCUT2D eigenvalue weighted by atomic mass is 16.5. The van der Waals surface area contributed by atoms with Crippen molar-refractivity contribution in [3.63, 3.8) is 0 Å². The quantitative estimate of drug-likeness (QED) is 0.894. The van der Waals surface area contributed by atoms with E-state index in [1.54, 1.807) is 7.11 Å². The van der Waals surface area contributed by atoms with Crippen molar-refractivity contribution in [2.75, 3.05) is 13.7 Å². The third-order valence-electron chi connectivity index (χ3n) is 5.34. The molecule has 2 N–H and O–H groups in total. The van der Waals surface area contributed by atoms with E-state index < -0.39 is 0 Å². The summed E-state index contributed by atoms with van der Waals surface area (Å²) in [5.74, 6) is 1.77. The first-order valence-electron chi connectivity index (χ1n) is 7.67. The van der Waals surface area contributed by atoms with Crippen LogP contribution in [0.15, 0.2) is 18.2 Å². The van der Waals surface area contributed by atoms with E-state index in [2.05, 4.69) is 18.2 Å². The largest absolute Gasteiger partial charge is 0.496 e. The monoisotopic (exact) mass is 259 g/mol. The number of hydrogen-bond donors (Lipinski definition) is 1. The van der Waals surface area contributed by atoms with Crippen LogP contribution in [0.2, 0.25) is 0 Å². The van der Waals surface area contributed by atoms with Crippen LogP contribution in [0, 0.1) is 0 Å². The van der Waals surface area contributed by atoms with E-state index in [1.807, 2.05) is 0 Å². The van der Waals surface area contributed by atoms with Crippen LogP contribution in [0.4, 0.5) is 0 Å². The third kappa shape index (κ3) is 2.16. The molecule has 3 rings (SSSR count). The summed E-state index contributed by atoms with van der Waals surface area (Å²) in [6.45, 7) is 0.781. The van der Waals surface area contributed by atoms with Crippen LogP contribution in [0.3, 0.4) is 0 Å². The number of hydrogen-bond acceptors (Lipinski definition) is 2.